The van der Waals surface area contributed by atoms with Crippen LogP contribution in [0.15, 0.2) is 48.1 Å². The molecule has 7 nitrogen and oxygen atoms in total. The van der Waals surface area contributed by atoms with Crippen molar-refractivity contribution in [3.05, 3.63) is 59.2 Å². The minimum Gasteiger partial charge on any atom is -0.497 e. The predicted molar refractivity (Wildman–Crippen MR) is 141 cm³/mol. The molecule has 1 aromatic carbocycles. The summed E-state index contributed by atoms with van der Waals surface area (Å²) in [6, 6.07) is 5.66. The van der Waals surface area contributed by atoms with Crippen LogP contribution >= 0.6 is 0 Å². The van der Waals surface area contributed by atoms with Crippen LogP contribution in [0.5, 0.6) is 11.5 Å². The van der Waals surface area contributed by atoms with Crippen molar-refractivity contribution >= 4 is 5.97 Å². The summed E-state index contributed by atoms with van der Waals surface area (Å²) in [5.41, 5.74) is 1.55. The second-order valence-electron chi connectivity index (χ2n) is 8.71. The fourth-order valence-corrected chi connectivity index (χ4v) is 3.73. The number of ether oxygens (including phenoxy) is 5. The van der Waals surface area contributed by atoms with Crippen LogP contribution in [0.3, 0.4) is 0 Å². The molecule has 198 valence electrons. The molecule has 0 aliphatic heterocycles. The van der Waals surface area contributed by atoms with Gasteiger partial charge in [0.05, 0.1) is 20.8 Å². The third-order valence-corrected chi connectivity index (χ3v) is 5.36. The van der Waals surface area contributed by atoms with Gasteiger partial charge in [-0.05, 0) is 71.6 Å². The third kappa shape index (κ3) is 9.88. The lowest BCUT2D eigenvalue weighted by Gasteiger charge is -2.29. The van der Waals surface area contributed by atoms with Crippen molar-refractivity contribution < 1.29 is 28.5 Å². The highest BCUT2D eigenvalue weighted by Crippen LogP contribution is 2.34. The molecule has 7 heteroatoms. The summed E-state index contributed by atoms with van der Waals surface area (Å²) in [4.78, 5) is 13.1. The molecule has 0 spiro atoms. The van der Waals surface area contributed by atoms with Gasteiger partial charge in [0, 0.05) is 19.1 Å². The van der Waals surface area contributed by atoms with Gasteiger partial charge in [-0.2, -0.15) is 5.26 Å². The Morgan fingerprint density at radius 1 is 1.19 bits per heavy atom. The summed E-state index contributed by atoms with van der Waals surface area (Å²) >= 11 is 0. The van der Waals surface area contributed by atoms with E-state index in [2.05, 4.69) is 32.6 Å². The predicted octanol–water partition coefficient (Wildman–Crippen LogP) is 6.33. The highest BCUT2D eigenvalue weighted by atomic mass is 16.7. The molecule has 0 saturated heterocycles. The number of nitriles is 1. The molecule has 0 aromatic heterocycles. The van der Waals surface area contributed by atoms with E-state index in [0.29, 0.717) is 30.1 Å². The summed E-state index contributed by atoms with van der Waals surface area (Å²) in [6.07, 6.45) is 7.18. The second kappa shape index (κ2) is 15.8. The molecule has 0 saturated carbocycles. The zero-order valence-electron chi connectivity index (χ0n) is 22.8. The number of hydrogen-bond acceptors (Lipinski definition) is 7. The fourth-order valence-electron chi connectivity index (χ4n) is 3.73. The average Bonchev–Trinajstić information content (AvgIpc) is 2.83. The molecule has 0 aliphatic rings. The molecule has 1 rings (SSSR count). The number of esters is 1. The molecule has 0 amide bonds. The molecule has 0 bridgehead atoms. The molecule has 0 N–H and O–H groups in total. The largest absolute Gasteiger partial charge is 0.497 e. The summed E-state index contributed by atoms with van der Waals surface area (Å²) in [5.74, 6) is 0.223. The van der Waals surface area contributed by atoms with E-state index in [0.717, 1.165) is 18.4 Å². The monoisotopic (exact) mass is 499 g/mol. The van der Waals surface area contributed by atoms with Gasteiger partial charge in [0.1, 0.15) is 23.1 Å². The Hall–Kier alpha value is -3.08. The lowest BCUT2D eigenvalue weighted by Crippen LogP contribution is -2.37. The van der Waals surface area contributed by atoms with E-state index < -0.39 is 17.9 Å². The zero-order chi connectivity index (χ0) is 27.1. The van der Waals surface area contributed by atoms with Gasteiger partial charge < -0.3 is 23.7 Å². The van der Waals surface area contributed by atoms with Crippen LogP contribution in [0.1, 0.15) is 69.8 Å². The van der Waals surface area contributed by atoms with Gasteiger partial charge in [-0.1, -0.05) is 23.3 Å². The SMILES string of the molecule is C=CCCOC(=O)c1c(CC(C#N)(/C=C(\C)CCC=C(C)C)OC(C)OCC)cc(OC)cc1OC. The number of carbonyl (C=O) groups is 1. The first-order valence-electron chi connectivity index (χ1n) is 12.2. The standard InChI is InChI=1S/C29H41NO6/c1-9-11-15-35-28(31)27-24(16-25(32-7)17-26(27)33-8)19-29(20-30,36-23(6)34-10-2)18-22(5)14-12-13-21(3)4/h9,13,16-18,23H,1,10-12,14-15,19H2,2-8H3/b22-18+. The van der Waals surface area contributed by atoms with Gasteiger partial charge in [-0.15, -0.1) is 6.58 Å². The van der Waals surface area contributed by atoms with E-state index in [4.69, 9.17) is 23.7 Å². The van der Waals surface area contributed by atoms with Crippen molar-refractivity contribution in [2.45, 2.75) is 72.2 Å². The maximum Gasteiger partial charge on any atom is 0.342 e. The Morgan fingerprint density at radius 3 is 2.47 bits per heavy atom. The van der Waals surface area contributed by atoms with E-state index in [-0.39, 0.29) is 18.6 Å². The normalized spacial score (nSPS) is 13.7. The zero-order valence-corrected chi connectivity index (χ0v) is 22.8. The molecule has 0 heterocycles. The molecular weight excluding hydrogens is 458 g/mol. The maximum atomic E-state index is 13.1. The fraction of sp³-hybridized carbons (Fsp3) is 0.517. The summed E-state index contributed by atoms with van der Waals surface area (Å²) in [5, 5.41) is 10.4. The van der Waals surface area contributed by atoms with Crippen LogP contribution < -0.4 is 9.47 Å². The van der Waals surface area contributed by atoms with Gasteiger partial charge >= 0.3 is 5.97 Å². The van der Waals surface area contributed by atoms with Crippen LogP contribution in [0.4, 0.5) is 0 Å². The topological polar surface area (TPSA) is 87.0 Å². The Labute approximate surface area is 216 Å². The van der Waals surface area contributed by atoms with Gasteiger partial charge in [-0.3, -0.25) is 0 Å². The number of rotatable bonds is 16. The minimum absolute atomic E-state index is 0.0559. The second-order valence-corrected chi connectivity index (χ2v) is 8.71. The van der Waals surface area contributed by atoms with Gasteiger partial charge in [0.25, 0.3) is 0 Å². The van der Waals surface area contributed by atoms with Crippen LogP contribution in [0, 0.1) is 11.3 Å². The first-order valence-corrected chi connectivity index (χ1v) is 12.2. The number of nitrogens with zero attached hydrogens (tertiary/aromatic N) is 1. The molecule has 2 atom stereocenters. The molecule has 0 aliphatic carbocycles. The molecule has 0 radical (unpaired) electrons. The van der Waals surface area contributed by atoms with Gasteiger partial charge in [-0.25, -0.2) is 4.79 Å². The van der Waals surface area contributed by atoms with Crippen LogP contribution in [-0.4, -0.2) is 45.3 Å². The van der Waals surface area contributed by atoms with Crippen LogP contribution in [0.2, 0.25) is 0 Å². The smallest absolute Gasteiger partial charge is 0.342 e. The Morgan fingerprint density at radius 2 is 1.92 bits per heavy atom. The Bertz CT molecular complexity index is 971. The maximum absolute atomic E-state index is 13.1. The number of carbonyl (C=O) groups excluding carboxylic acids is 1. The first kappa shape index (κ1) is 31.0. The number of methoxy groups -OCH3 is 2. The average molecular weight is 500 g/mol. The summed E-state index contributed by atoms with van der Waals surface area (Å²) in [6.45, 7) is 14.0. The lowest BCUT2D eigenvalue weighted by atomic mass is 9.89. The molecule has 1 aromatic rings. The van der Waals surface area contributed by atoms with Crippen molar-refractivity contribution in [3.8, 4) is 17.6 Å². The highest BCUT2D eigenvalue weighted by molar-refractivity contribution is 5.94. The van der Waals surface area contributed by atoms with E-state index >= 15 is 0 Å². The molecule has 2 unspecified atom stereocenters. The third-order valence-electron chi connectivity index (χ3n) is 5.36. The molecular formula is C29H41NO6. The van der Waals surface area contributed by atoms with Gasteiger partial charge in [0.15, 0.2) is 11.9 Å². The molecule has 36 heavy (non-hydrogen) atoms. The van der Waals surface area contributed by atoms with E-state index in [1.165, 1.54) is 19.8 Å². The van der Waals surface area contributed by atoms with Crippen LogP contribution in [-0.2, 0) is 20.6 Å². The summed E-state index contributed by atoms with van der Waals surface area (Å²) < 4.78 is 28.2. The summed E-state index contributed by atoms with van der Waals surface area (Å²) in [7, 11) is 3.00. The number of benzene rings is 1. The van der Waals surface area contributed by atoms with E-state index in [1.807, 2.05) is 19.9 Å². The lowest BCUT2D eigenvalue weighted by molar-refractivity contribution is -0.166. The number of hydrogen-bond donors (Lipinski definition) is 0. The quantitative estimate of drug-likeness (QED) is 0.114. The molecule has 0 fully saturated rings. The van der Waals surface area contributed by atoms with E-state index in [1.54, 1.807) is 25.1 Å². The Balaban J connectivity index is 3.60. The van der Waals surface area contributed by atoms with Crippen molar-refractivity contribution in [2.75, 3.05) is 27.4 Å². The van der Waals surface area contributed by atoms with Crippen molar-refractivity contribution in [3.63, 3.8) is 0 Å². The van der Waals surface area contributed by atoms with Crippen LogP contribution in [0.25, 0.3) is 0 Å². The van der Waals surface area contributed by atoms with E-state index in [9.17, 15) is 10.1 Å². The van der Waals surface area contributed by atoms with Crippen molar-refractivity contribution in [2.24, 2.45) is 0 Å². The Kier molecular flexibility index (Phi) is 13.6. The van der Waals surface area contributed by atoms with Gasteiger partial charge in [0.2, 0.25) is 0 Å². The highest BCUT2D eigenvalue weighted by Gasteiger charge is 2.35. The van der Waals surface area contributed by atoms with Crippen molar-refractivity contribution in [1.29, 1.82) is 5.26 Å². The number of allylic oxidation sites excluding steroid dienone is 3. The van der Waals surface area contributed by atoms with Crippen molar-refractivity contribution in [1.82, 2.24) is 0 Å². The minimum atomic E-state index is -1.41. The first-order chi connectivity index (χ1) is 17.1.